The van der Waals surface area contributed by atoms with Crippen LogP contribution in [0.2, 0.25) is 0 Å². The molecule has 6 rings (SSSR count). The zero-order valence-corrected chi connectivity index (χ0v) is 22.0. The van der Waals surface area contributed by atoms with Crippen LogP contribution in [0, 0.1) is 29.0 Å². The van der Waals surface area contributed by atoms with Crippen molar-refractivity contribution in [1.29, 1.82) is 5.26 Å². The highest BCUT2D eigenvalue weighted by Crippen LogP contribution is 2.48. The fraction of sp³-hybridized carbons (Fsp3) is 0.406. The number of hydrogen-bond donors (Lipinski definition) is 0. The number of rotatable bonds is 3. The summed E-state index contributed by atoms with van der Waals surface area (Å²) in [5.41, 5.74) is 4.32. The van der Waals surface area contributed by atoms with E-state index in [9.17, 15) is 10.1 Å². The first kappa shape index (κ1) is 24.6. The molecule has 0 amide bonds. The second kappa shape index (κ2) is 9.54. The van der Waals surface area contributed by atoms with Crippen LogP contribution in [0.1, 0.15) is 56.8 Å². The van der Waals surface area contributed by atoms with Gasteiger partial charge in [0.2, 0.25) is 0 Å². The van der Waals surface area contributed by atoms with Crippen LogP contribution < -0.4 is 4.90 Å². The number of hydrogen-bond acceptors (Lipinski definition) is 4. The number of allylic oxidation sites excluding steroid dienone is 2. The van der Waals surface area contributed by atoms with E-state index in [1.165, 1.54) is 11.8 Å². The minimum absolute atomic E-state index is 0.0632. The smallest absolute Gasteiger partial charge is 0.176 e. The second-order valence-electron chi connectivity index (χ2n) is 11.4. The van der Waals surface area contributed by atoms with Crippen LogP contribution in [0.15, 0.2) is 66.2 Å². The third kappa shape index (κ3) is 4.05. The van der Waals surface area contributed by atoms with E-state index in [2.05, 4.69) is 46.8 Å². The van der Waals surface area contributed by atoms with Gasteiger partial charge in [-0.3, -0.25) is 9.48 Å². The summed E-state index contributed by atoms with van der Waals surface area (Å²) in [4.78, 5) is 15.5. The minimum Gasteiger partial charge on any atom is -0.371 e. The van der Waals surface area contributed by atoms with Crippen LogP contribution in [0.3, 0.4) is 0 Å². The maximum Gasteiger partial charge on any atom is 0.176 e. The lowest BCUT2D eigenvalue weighted by Gasteiger charge is -2.34. The predicted molar refractivity (Wildman–Crippen MR) is 146 cm³/mol. The van der Waals surface area contributed by atoms with E-state index in [1.54, 1.807) is 6.07 Å². The van der Waals surface area contributed by atoms with Gasteiger partial charge < -0.3 is 4.90 Å². The van der Waals surface area contributed by atoms with Gasteiger partial charge in [-0.1, -0.05) is 50.3 Å². The van der Waals surface area contributed by atoms with Gasteiger partial charge in [0.15, 0.2) is 5.78 Å². The molecule has 5 nitrogen and oxygen atoms in total. The van der Waals surface area contributed by atoms with Crippen molar-refractivity contribution in [2.24, 2.45) is 11.8 Å². The van der Waals surface area contributed by atoms with Gasteiger partial charge in [0, 0.05) is 41.2 Å². The first-order chi connectivity index (χ1) is 18.4. The van der Waals surface area contributed by atoms with Crippen molar-refractivity contribution in [3.05, 3.63) is 83.3 Å². The zero-order chi connectivity index (χ0) is 26.4. The molecule has 1 aromatic heterocycles. The van der Waals surface area contributed by atoms with E-state index in [0.29, 0.717) is 5.56 Å². The molecule has 0 radical (unpaired) electrons. The Labute approximate surface area is 223 Å². The molecule has 0 saturated carbocycles. The third-order valence-electron chi connectivity index (χ3n) is 9.03. The van der Waals surface area contributed by atoms with Crippen molar-refractivity contribution in [3.63, 3.8) is 0 Å². The molecule has 3 atom stereocenters. The Morgan fingerprint density at radius 3 is 2.47 bits per heavy atom. The molecule has 3 aromatic rings. The van der Waals surface area contributed by atoms with Crippen LogP contribution >= 0.6 is 0 Å². The van der Waals surface area contributed by atoms with Gasteiger partial charge in [0.05, 0.1) is 23.0 Å². The SMILES string of the molecule is C[C@H]1C(=O)C(C#N)=C[C@]2(C)C[C@H]1CCc1c2nn(C2CCN(c3ccccc3)CC2)c1-c1ccccc1F. The lowest BCUT2D eigenvalue weighted by Crippen LogP contribution is -2.35. The number of Topliss-reactive ketones (excluding diaryl/α,β-unsaturated/α-hetero) is 1. The molecule has 2 aromatic carbocycles. The summed E-state index contributed by atoms with van der Waals surface area (Å²) < 4.78 is 17.5. The summed E-state index contributed by atoms with van der Waals surface area (Å²) in [6.45, 7) is 5.86. The number of fused-ring (bicyclic) bond motifs is 4. The Balaban J connectivity index is 1.46. The highest BCUT2D eigenvalue weighted by atomic mass is 19.1. The molecule has 1 saturated heterocycles. The third-order valence-corrected chi connectivity index (χ3v) is 9.03. The fourth-order valence-electron chi connectivity index (χ4n) is 6.94. The molecule has 38 heavy (non-hydrogen) atoms. The predicted octanol–water partition coefficient (Wildman–Crippen LogP) is 6.41. The van der Waals surface area contributed by atoms with Gasteiger partial charge in [-0.25, -0.2) is 4.39 Å². The molecule has 194 valence electrons. The van der Waals surface area contributed by atoms with Crippen LogP contribution in [-0.2, 0) is 16.6 Å². The lowest BCUT2D eigenvalue weighted by atomic mass is 9.77. The van der Waals surface area contributed by atoms with Crippen molar-refractivity contribution in [2.45, 2.75) is 57.4 Å². The molecule has 2 bridgehead atoms. The first-order valence-corrected chi connectivity index (χ1v) is 13.7. The second-order valence-corrected chi connectivity index (χ2v) is 11.4. The average molecular weight is 509 g/mol. The monoisotopic (exact) mass is 508 g/mol. The Morgan fingerprint density at radius 2 is 1.76 bits per heavy atom. The highest BCUT2D eigenvalue weighted by molar-refractivity contribution is 6.01. The number of benzene rings is 2. The van der Waals surface area contributed by atoms with Crippen LogP contribution in [0.25, 0.3) is 11.3 Å². The zero-order valence-electron chi connectivity index (χ0n) is 22.0. The van der Waals surface area contributed by atoms with Crippen molar-refractivity contribution >= 4 is 11.5 Å². The summed E-state index contributed by atoms with van der Waals surface area (Å²) in [5.74, 6) is -0.366. The summed E-state index contributed by atoms with van der Waals surface area (Å²) >= 11 is 0. The van der Waals surface area contributed by atoms with E-state index in [-0.39, 0.29) is 35.1 Å². The van der Waals surface area contributed by atoms with Crippen molar-refractivity contribution in [3.8, 4) is 17.3 Å². The van der Waals surface area contributed by atoms with Gasteiger partial charge in [0.1, 0.15) is 11.9 Å². The van der Waals surface area contributed by atoms with Crippen molar-refractivity contribution in [2.75, 3.05) is 18.0 Å². The molecule has 3 aliphatic rings. The Kier molecular flexibility index (Phi) is 6.18. The van der Waals surface area contributed by atoms with Crippen molar-refractivity contribution in [1.82, 2.24) is 9.78 Å². The normalized spacial score (nSPS) is 25.7. The fourth-order valence-corrected chi connectivity index (χ4v) is 6.94. The van der Waals surface area contributed by atoms with Crippen LogP contribution in [-0.4, -0.2) is 28.7 Å². The Bertz CT molecular complexity index is 1440. The van der Waals surface area contributed by atoms with Crippen LogP contribution in [0.4, 0.5) is 10.1 Å². The van der Waals surface area contributed by atoms with Crippen LogP contribution in [0.5, 0.6) is 0 Å². The average Bonchev–Trinajstić information content (AvgIpc) is 3.23. The largest absolute Gasteiger partial charge is 0.371 e. The molecule has 6 heteroatoms. The number of para-hydroxylation sites is 1. The molecule has 0 spiro atoms. The summed E-state index contributed by atoms with van der Waals surface area (Å²) in [7, 11) is 0. The number of nitrogens with zero attached hydrogens (tertiary/aromatic N) is 4. The number of ketones is 1. The number of nitriles is 1. The van der Waals surface area contributed by atoms with Gasteiger partial charge in [-0.05, 0) is 62.3 Å². The number of carbonyl (C=O) groups excluding carboxylic acids is 1. The minimum atomic E-state index is -0.558. The molecular formula is C32H33FN4O. The lowest BCUT2D eigenvalue weighted by molar-refractivity contribution is -0.119. The topological polar surface area (TPSA) is 61.9 Å². The maximum atomic E-state index is 15.4. The molecule has 0 N–H and O–H groups in total. The summed E-state index contributed by atoms with van der Waals surface area (Å²) in [6, 6.07) is 19.8. The van der Waals surface area contributed by atoms with E-state index >= 15 is 4.39 Å². The van der Waals surface area contributed by atoms with Gasteiger partial charge in [-0.2, -0.15) is 10.4 Å². The summed E-state index contributed by atoms with van der Waals surface area (Å²) in [6.07, 6.45) is 6.00. The first-order valence-electron chi connectivity index (χ1n) is 13.7. The molecule has 1 fully saturated rings. The number of carbonyl (C=O) groups is 1. The molecule has 0 unspecified atom stereocenters. The van der Waals surface area contributed by atoms with E-state index in [4.69, 9.17) is 5.10 Å². The number of piperidine rings is 1. The van der Waals surface area contributed by atoms with E-state index in [0.717, 1.165) is 62.1 Å². The van der Waals surface area contributed by atoms with Gasteiger partial charge in [0.25, 0.3) is 0 Å². The molecular weight excluding hydrogens is 475 g/mol. The standard InChI is InChI=1S/C32H33FN4O/c1-21-22-12-13-27-29(26-10-6-7-11-28(26)33)37(25-14-16-36(17-15-25)24-8-4-3-5-9-24)35-31(27)32(2,18-22)19-23(20-34)30(21)38/h3-11,19,21-22,25H,12-18H2,1-2H3/t21-,22-,32+/m1/s1. The highest BCUT2D eigenvalue weighted by Gasteiger charge is 2.44. The van der Waals surface area contributed by atoms with Gasteiger partial charge in [-0.15, -0.1) is 0 Å². The maximum absolute atomic E-state index is 15.4. The number of halogens is 1. The quantitative estimate of drug-likeness (QED) is 0.410. The number of aromatic nitrogens is 2. The molecule has 2 aliphatic carbocycles. The summed E-state index contributed by atoms with van der Waals surface area (Å²) in [5, 5.41) is 15.1. The van der Waals surface area contributed by atoms with Gasteiger partial charge >= 0.3 is 0 Å². The Morgan fingerprint density at radius 1 is 1.05 bits per heavy atom. The van der Waals surface area contributed by atoms with E-state index < -0.39 is 5.41 Å². The molecule has 2 heterocycles. The number of anilines is 1. The van der Waals surface area contributed by atoms with E-state index in [1.807, 2.05) is 31.2 Å². The molecule has 1 aliphatic heterocycles. The Hall–Kier alpha value is -3.72. The van der Waals surface area contributed by atoms with Crippen molar-refractivity contribution < 1.29 is 9.18 Å².